The molecule has 2 aromatic carbocycles. The molecule has 2 heterocycles. The molecule has 0 spiro atoms. The second-order valence-corrected chi connectivity index (χ2v) is 9.84. The summed E-state index contributed by atoms with van der Waals surface area (Å²) in [6.07, 6.45) is 5.44. The molecule has 1 saturated carbocycles. The van der Waals surface area contributed by atoms with E-state index < -0.39 is 11.9 Å². The number of rotatable bonds is 8. The number of morpholine rings is 1. The largest absolute Gasteiger partial charge is 0.459 e. The van der Waals surface area contributed by atoms with E-state index in [2.05, 4.69) is 10.2 Å². The first-order chi connectivity index (χ1) is 18.5. The van der Waals surface area contributed by atoms with Gasteiger partial charge in [-0.3, -0.25) is 19.3 Å². The van der Waals surface area contributed by atoms with E-state index in [0.717, 1.165) is 44.5 Å². The summed E-state index contributed by atoms with van der Waals surface area (Å²) < 4.78 is 10.9. The van der Waals surface area contributed by atoms with Crippen LogP contribution >= 0.6 is 0 Å². The van der Waals surface area contributed by atoms with E-state index in [1.807, 2.05) is 24.3 Å². The van der Waals surface area contributed by atoms with Crippen LogP contribution in [0, 0.1) is 0 Å². The van der Waals surface area contributed by atoms with Crippen LogP contribution in [0.2, 0.25) is 0 Å². The number of hydrogen-bond acceptors (Lipinski definition) is 6. The molecule has 8 heteroatoms. The van der Waals surface area contributed by atoms with Crippen LogP contribution in [0.1, 0.15) is 65.1 Å². The zero-order chi connectivity index (χ0) is 26.5. The van der Waals surface area contributed by atoms with Gasteiger partial charge in [0.2, 0.25) is 5.91 Å². The maximum Gasteiger partial charge on any atom is 0.294 e. The summed E-state index contributed by atoms with van der Waals surface area (Å²) in [6, 6.07) is 16.9. The standard InChI is InChI=1S/C30H33N3O5/c1-21(34)22-8-14-26(15-9-22)33(30(36)27-7-4-18-38-27)28(29(35)31-24-5-2-3-6-24)23-10-12-25(13-11-23)32-16-19-37-20-17-32/h4,7-15,18,24,28H,2-3,5-6,16-17,19-20H2,1H3,(H,31,35)/t28-/m0/s1. The predicted octanol–water partition coefficient (Wildman–Crippen LogP) is 4.77. The molecule has 0 bridgehead atoms. The van der Waals surface area contributed by atoms with Gasteiger partial charge in [-0.2, -0.15) is 0 Å². The lowest BCUT2D eigenvalue weighted by molar-refractivity contribution is -0.123. The van der Waals surface area contributed by atoms with Gasteiger partial charge in [-0.15, -0.1) is 0 Å². The van der Waals surface area contributed by atoms with Gasteiger partial charge in [-0.25, -0.2) is 0 Å². The number of nitrogens with one attached hydrogen (secondary N) is 1. The molecule has 38 heavy (non-hydrogen) atoms. The summed E-state index contributed by atoms with van der Waals surface area (Å²) in [5.41, 5.74) is 2.76. The van der Waals surface area contributed by atoms with Crippen molar-refractivity contribution in [1.82, 2.24) is 5.32 Å². The van der Waals surface area contributed by atoms with Crippen molar-refractivity contribution in [3.8, 4) is 0 Å². The Bertz CT molecular complexity index is 1240. The molecule has 1 aromatic heterocycles. The Morgan fingerprint density at radius 2 is 1.63 bits per heavy atom. The Balaban J connectivity index is 1.55. The number of ether oxygens (including phenoxy) is 1. The monoisotopic (exact) mass is 515 g/mol. The smallest absolute Gasteiger partial charge is 0.294 e. The number of Topliss-reactive ketones (excluding diaryl/α,β-unsaturated/α-hetero) is 1. The highest BCUT2D eigenvalue weighted by Crippen LogP contribution is 2.32. The summed E-state index contributed by atoms with van der Waals surface area (Å²) in [4.78, 5) is 43.4. The fourth-order valence-corrected chi connectivity index (χ4v) is 5.22. The number of furan rings is 1. The molecule has 1 atom stereocenters. The molecular formula is C30H33N3O5. The Labute approximate surface area is 222 Å². The zero-order valence-corrected chi connectivity index (χ0v) is 21.6. The minimum Gasteiger partial charge on any atom is -0.459 e. The van der Waals surface area contributed by atoms with Crippen molar-refractivity contribution < 1.29 is 23.5 Å². The van der Waals surface area contributed by atoms with E-state index in [9.17, 15) is 14.4 Å². The fraction of sp³-hybridized carbons (Fsp3) is 0.367. The van der Waals surface area contributed by atoms with E-state index in [1.54, 1.807) is 36.4 Å². The van der Waals surface area contributed by atoms with Gasteiger partial charge in [0.1, 0.15) is 6.04 Å². The topological polar surface area (TPSA) is 92.1 Å². The van der Waals surface area contributed by atoms with Crippen molar-refractivity contribution in [2.75, 3.05) is 36.1 Å². The highest BCUT2D eigenvalue weighted by atomic mass is 16.5. The maximum atomic E-state index is 13.9. The SMILES string of the molecule is CC(=O)c1ccc(N(C(=O)c2ccco2)[C@H](C(=O)NC2CCCC2)c2ccc(N3CCOCC3)cc2)cc1. The van der Waals surface area contributed by atoms with Crippen LogP contribution < -0.4 is 15.1 Å². The Hall–Kier alpha value is -3.91. The molecule has 5 rings (SSSR count). The molecule has 1 N–H and O–H groups in total. The maximum absolute atomic E-state index is 13.9. The number of carbonyl (C=O) groups excluding carboxylic acids is 3. The van der Waals surface area contributed by atoms with Crippen LogP contribution in [0.3, 0.4) is 0 Å². The van der Waals surface area contributed by atoms with E-state index in [-0.39, 0.29) is 23.5 Å². The number of nitrogens with zero attached hydrogens (tertiary/aromatic N) is 2. The zero-order valence-electron chi connectivity index (χ0n) is 21.6. The van der Waals surface area contributed by atoms with Gasteiger partial charge in [0.15, 0.2) is 11.5 Å². The molecule has 1 aliphatic carbocycles. The number of carbonyl (C=O) groups is 3. The Kier molecular flexibility index (Phi) is 7.89. The molecular weight excluding hydrogens is 482 g/mol. The third kappa shape index (κ3) is 5.65. The lowest BCUT2D eigenvalue weighted by Crippen LogP contribution is -2.46. The average Bonchev–Trinajstić information content (AvgIpc) is 3.67. The summed E-state index contributed by atoms with van der Waals surface area (Å²) in [6.45, 7) is 4.45. The van der Waals surface area contributed by atoms with Crippen LogP contribution in [0.5, 0.6) is 0 Å². The third-order valence-electron chi connectivity index (χ3n) is 7.30. The molecule has 8 nitrogen and oxygen atoms in total. The second kappa shape index (κ2) is 11.6. The van der Waals surface area contributed by atoms with Crippen LogP contribution in [0.15, 0.2) is 71.3 Å². The second-order valence-electron chi connectivity index (χ2n) is 9.84. The van der Waals surface area contributed by atoms with Gasteiger partial charge in [-0.05, 0) is 73.9 Å². The molecule has 2 fully saturated rings. The Morgan fingerprint density at radius 3 is 2.24 bits per heavy atom. The van der Waals surface area contributed by atoms with Crippen molar-refractivity contribution in [3.63, 3.8) is 0 Å². The molecule has 2 aliphatic rings. The number of amides is 2. The summed E-state index contributed by atoms with van der Waals surface area (Å²) in [7, 11) is 0. The van der Waals surface area contributed by atoms with Crippen molar-refractivity contribution in [2.24, 2.45) is 0 Å². The van der Waals surface area contributed by atoms with Crippen LogP contribution in [-0.4, -0.2) is 49.9 Å². The molecule has 198 valence electrons. The van der Waals surface area contributed by atoms with Gasteiger partial charge >= 0.3 is 0 Å². The number of hydrogen-bond donors (Lipinski definition) is 1. The van der Waals surface area contributed by atoms with Gasteiger partial charge in [0, 0.05) is 36.1 Å². The number of benzene rings is 2. The van der Waals surface area contributed by atoms with Gasteiger partial charge in [0.25, 0.3) is 5.91 Å². The normalized spacial score (nSPS) is 16.7. The van der Waals surface area contributed by atoms with Crippen molar-refractivity contribution in [1.29, 1.82) is 0 Å². The van der Waals surface area contributed by atoms with Gasteiger partial charge in [0.05, 0.1) is 19.5 Å². The number of ketones is 1. The first kappa shape index (κ1) is 25.7. The van der Waals surface area contributed by atoms with E-state index in [4.69, 9.17) is 9.15 Å². The summed E-state index contributed by atoms with van der Waals surface area (Å²) >= 11 is 0. The molecule has 2 amide bonds. The number of anilines is 2. The lowest BCUT2D eigenvalue weighted by Gasteiger charge is -2.33. The van der Waals surface area contributed by atoms with Crippen molar-refractivity contribution in [2.45, 2.75) is 44.7 Å². The summed E-state index contributed by atoms with van der Waals surface area (Å²) in [5, 5.41) is 3.19. The average molecular weight is 516 g/mol. The minimum absolute atomic E-state index is 0.0744. The first-order valence-electron chi connectivity index (χ1n) is 13.2. The Morgan fingerprint density at radius 1 is 0.947 bits per heavy atom. The summed E-state index contributed by atoms with van der Waals surface area (Å²) in [5.74, 6) is -0.625. The third-order valence-corrected chi connectivity index (χ3v) is 7.30. The first-order valence-corrected chi connectivity index (χ1v) is 13.2. The van der Waals surface area contributed by atoms with Crippen LogP contribution in [0.4, 0.5) is 11.4 Å². The minimum atomic E-state index is -0.935. The molecule has 1 aliphatic heterocycles. The van der Waals surface area contributed by atoms with Crippen LogP contribution in [0.25, 0.3) is 0 Å². The van der Waals surface area contributed by atoms with E-state index in [1.165, 1.54) is 18.1 Å². The van der Waals surface area contributed by atoms with Crippen molar-refractivity contribution >= 4 is 29.0 Å². The van der Waals surface area contributed by atoms with E-state index >= 15 is 0 Å². The fourth-order valence-electron chi connectivity index (χ4n) is 5.22. The van der Waals surface area contributed by atoms with Gasteiger partial charge < -0.3 is 19.4 Å². The van der Waals surface area contributed by atoms with Crippen molar-refractivity contribution in [3.05, 3.63) is 83.8 Å². The highest BCUT2D eigenvalue weighted by Gasteiger charge is 2.36. The highest BCUT2D eigenvalue weighted by molar-refractivity contribution is 6.09. The quantitative estimate of drug-likeness (QED) is 0.435. The predicted molar refractivity (Wildman–Crippen MR) is 145 cm³/mol. The molecule has 3 aromatic rings. The van der Waals surface area contributed by atoms with E-state index in [0.29, 0.717) is 30.0 Å². The lowest BCUT2D eigenvalue weighted by atomic mass is 10.0. The van der Waals surface area contributed by atoms with Crippen LogP contribution in [-0.2, 0) is 9.53 Å². The van der Waals surface area contributed by atoms with Gasteiger partial charge in [-0.1, -0.05) is 25.0 Å². The molecule has 0 radical (unpaired) electrons. The molecule has 1 saturated heterocycles. The molecule has 0 unspecified atom stereocenters.